The molecule has 1 atom stereocenters. The van der Waals surface area contributed by atoms with Gasteiger partial charge in [0.2, 0.25) is 0 Å². The summed E-state index contributed by atoms with van der Waals surface area (Å²) in [5.74, 6) is -1.24. The quantitative estimate of drug-likeness (QED) is 0.647. The molecule has 0 aliphatic heterocycles. The number of hydrogen-bond donors (Lipinski definition) is 2. The summed E-state index contributed by atoms with van der Waals surface area (Å²) in [5, 5.41) is 17.1. The molecule has 1 aromatic heterocycles. The second-order valence-corrected chi connectivity index (χ2v) is 2.51. The van der Waals surface area contributed by atoms with Crippen molar-refractivity contribution in [1.82, 2.24) is 8.75 Å². The van der Waals surface area contributed by atoms with Crippen LogP contribution in [0.4, 0.5) is 0 Å². The summed E-state index contributed by atoms with van der Waals surface area (Å²) in [7, 11) is 0. The third-order valence-corrected chi connectivity index (χ3v) is 1.61. The highest BCUT2D eigenvalue weighted by Gasteiger charge is 2.14. The monoisotopic (exact) mass is 174 g/mol. The van der Waals surface area contributed by atoms with Gasteiger partial charge in [0.15, 0.2) is 6.10 Å². The molecule has 11 heavy (non-hydrogen) atoms. The Morgan fingerprint density at radius 2 is 2.55 bits per heavy atom. The number of carbonyl (C=O) groups is 1. The molecule has 0 saturated carbocycles. The highest BCUT2D eigenvalue weighted by atomic mass is 32.1. The lowest BCUT2D eigenvalue weighted by molar-refractivity contribution is -0.146. The van der Waals surface area contributed by atoms with E-state index in [9.17, 15) is 4.79 Å². The van der Waals surface area contributed by atoms with Crippen molar-refractivity contribution in [2.75, 3.05) is 0 Å². The summed E-state index contributed by atoms with van der Waals surface area (Å²) < 4.78 is 7.41. The average Bonchev–Trinajstić information content (AvgIpc) is 2.39. The minimum atomic E-state index is -1.38. The minimum Gasteiger partial charge on any atom is -0.479 e. The van der Waals surface area contributed by atoms with Gasteiger partial charge in [-0.3, -0.25) is 0 Å². The summed E-state index contributed by atoms with van der Waals surface area (Å²) in [5.41, 5.74) is 0.505. The van der Waals surface area contributed by atoms with Crippen LogP contribution < -0.4 is 0 Å². The largest absolute Gasteiger partial charge is 0.479 e. The van der Waals surface area contributed by atoms with Crippen LogP contribution in [-0.4, -0.2) is 31.0 Å². The third-order valence-electron chi connectivity index (χ3n) is 1.09. The molecule has 0 amide bonds. The molecule has 0 aromatic carbocycles. The van der Waals surface area contributed by atoms with Crippen LogP contribution >= 0.6 is 11.7 Å². The number of nitrogens with zero attached hydrogens (tertiary/aromatic N) is 2. The molecule has 2 N–H and O–H groups in total. The van der Waals surface area contributed by atoms with E-state index < -0.39 is 12.1 Å². The zero-order chi connectivity index (χ0) is 8.27. The van der Waals surface area contributed by atoms with Crippen molar-refractivity contribution in [2.24, 2.45) is 0 Å². The van der Waals surface area contributed by atoms with Gasteiger partial charge >= 0.3 is 5.97 Å². The topological polar surface area (TPSA) is 83.3 Å². The van der Waals surface area contributed by atoms with Gasteiger partial charge in [0, 0.05) is 6.42 Å². The third kappa shape index (κ3) is 2.24. The summed E-state index contributed by atoms with van der Waals surface area (Å²) in [6.45, 7) is 0. The van der Waals surface area contributed by atoms with Crippen molar-refractivity contribution in [3.8, 4) is 0 Å². The predicted molar refractivity (Wildman–Crippen MR) is 37.3 cm³/mol. The molecular weight excluding hydrogens is 168 g/mol. The minimum absolute atomic E-state index is 0.0197. The van der Waals surface area contributed by atoms with Crippen LogP contribution in [0.5, 0.6) is 0 Å². The van der Waals surface area contributed by atoms with Crippen molar-refractivity contribution in [1.29, 1.82) is 0 Å². The summed E-state index contributed by atoms with van der Waals surface area (Å²) in [6.07, 6.45) is 0.0850. The Hall–Kier alpha value is -1.01. The van der Waals surface area contributed by atoms with E-state index >= 15 is 0 Å². The molecule has 6 heteroatoms. The molecule has 5 nitrogen and oxygen atoms in total. The van der Waals surface area contributed by atoms with E-state index in [0.29, 0.717) is 5.69 Å². The number of rotatable bonds is 3. The molecule has 1 heterocycles. The average molecular weight is 174 g/mol. The summed E-state index contributed by atoms with van der Waals surface area (Å²) in [6, 6.07) is 0. The maximum absolute atomic E-state index is 10.1. The van der Waals surface area contributed by atoms with Gasteiger partial charge in [-0.1, -0.05) is 0 Å². The molecule has 0 saturated heterocycles. The van der Waals surface area contributed by atoms with Crippen molar-refractivity contribution >= 4 is 17.7 Å². The summed E-state index contributed by atoms with van der Waals surface area (Å²) in [4.78, 5) is 10.1. The van der Waals surface area contributed by atoms with E-state index in [4.69, 9.17) is 10.2 Å². The fourth-order valence-electron chi connectivity index (χ4n) is 0.559. The van der Waals surface area contributed by atoms with Crippen LogP contribution in [0.2, 0.25) is 0 Å². The Labute approximate surface area is 66.6 Å². The maximum atomic E-state index is 10.1. The number of aromatic nitrogens is 2. The second kappa shape index (κ2) is 3.40. The molecule has 0 aliphatic carbocycles. The fraction of sp³-hybridized carbons (Fsp3) is 0.400. The van der Waals surface area contributed by atoms with Crippen molar-refractivity contribution in [3.63, 3.8) is 0 Å². The Morgan fingerprint density at radius 3 is 3.00 bits per heavy atom. The zero-order valence-corrected chi connectivity index (χ0v) is 6.28. The second-order valence-electron chi connectivity index (χ2n) is 1.96. The van der Waals surface area contributed by atoms with Crippen LogP contribution in [0.25, 0.3) is 0 Å². The number of carboxylic acid groups (broad SMARTS) is 1. The van der Waals surface area contributed by atoms with Crippen molar-refractivity contribution in [3.05, 3.63) is 11.9 Å². The lowest BCUT2D eigenvalue weighted by atomic mass is 10.2. The smallest absolute Gasteiger partial charge is 0.332 e. The van der Waals surface area contributed by atoms with E-state index in [1.165, 1.54) is 6.20 Å². The van der Waals surface area contributed by atoms with E-state index in [1.54, 1.807) is 0 Å². The van der Waals surface area contributed by atoms with Gasteiger partial charge in [-0.25, -0.2) is 4.79 Å². The highest BCUT2D eigenvalue weighted by Crippen LogP contribution is 1.99. The highest BCUT2D eigenvalue weighted by molar-refractivity contribution is 6.99. The molecule has 0 fully saturated rings. The maximum Gasteiger partial charge on any atom is 0.332 e. The van der Waals surface area contributed by atoms with Crippen LogP contribution in [0.1, 0.15) is 5.69 Å². The van der Waals surface area contributed by atoms with Crippen LogP contribution in [0.3, 0.4) is 0 Å². The lowest BCUT2D eigenvalue weighted by Crippen LogP contribution is -2.21. The molecule has 0 radical (unpaired) electrons. The molecule has 0 spiro atoms. The number of aliphatic hydroxyl groups is 1. The number of aliphatic hydroxyl groups excluding tert-OH is 1. The Balaban J connectivity index is 2.50. The van der Waals surface area contributed by atoms with Crippen molar-refractivity contribution < 1.29 is 15.0 Å². The van der Waals surface area contributed by atoms with Gasteiger partial charge in [0.25, 0.3) is 0 Å². The van der Waals surface area contributed by atoms with E-state index in [1.807, 2.05) is 0 Å². The van der Waals surface area contributed by atoms with Gasteiger partial charge in [-0.2, -0.15) is 8.75 Å². The molecule has 1 aromatic rings. The first kappa shape index (κ1) is 8.09. The normalized spacial score (nSPS) is 12.8. The Kier molecular flexibility index (Phi) is 2.50. The first-order chi connectivity index (χ1) is 5.20. The Bertz CT molecular complexity index is 236. The predicted octanol–water partition coefficient (Wildman–Crippen LogP) is -0.474. The number of hydrogen-bond acceptors (Lipinski definition) is 5. The SMILES string of the molecule is O=C(O)C(O)Cc1cnsn1. The van der Waals surface area contributed by atoms with Gasteiger partial charge in [0.05, 0.1) is 23.6 Å². The lowest BCUT2D eigenvalue weighted by Gasteiger charge is -1.99. The molecular formula is C5H6N2O3S. The number of aliphatic carboxylic acids is 1. The van der Waals surface area contributed by atoms with E-state index in [-0.39, 0.29) is 6.42 Å². The molecule has 0 bridgehead atoms. The van der Waals surface area contributed by atoms with Gasteiger partial charge in [-0.05, 0) is 0 Å². The van der Waals surface area contributed by atoms with Gasteiger partial charge in [0.1, 0.15) is 0 Å². The molecule has 60 valence electrons. The van der Waals surface area contributed by atoms with Crippen LogP contribution in [0, 0.1) is 0 Å². The summed E-state index contributed by atoms with van der Waals surface area (Å²) >= 11 is 0.989. The van der Waals surface area contributed by atoms with Gasteiger partial charge in [-0.15, -0.1) is 0 Å². The van der Waals surface area contributed by atoms with Crippen LogP contribution in [0.15, 0.2) is 6.20 Å². The van der Waals surface area contributed by atoms with Crippen molar-refractivity contribution in [2.45, 2.75) is 12.5 Å². The Morgan fingerprint density at radius 1 is 1.82 bits per heavy atom. The first-order valence-electron chi connectivity index (χ1n) is 2.87. The fourth-order valence-corrected chi connectivity index (χ4v) is 1.00. The zero-order valence-electron chi connectivity index (χ0n) is 5.47. The molecule has 1 unspecified atom stereocenters. The standard InChI is InChI=1S/C5H6N2O3S/c8-4(5(9)10)1-3-2-6-11-7-3/h2,4,8H,1H2,(H,9,10). The van der Waals surface area contributed by atoms with E-state index in [0.717, 1.165) is 11.7 Å². The van der Waals surface area contributed by atoms with Crippen LogP contribution in [-0.2, 0) is 11.2 Å². The first-order valence-corrected chi connectivity index (χ1v) is 3.60. The van der Waals surface area contributed by atoms with E-state index in [2.05, 4.69) is 8.75 Å². The number of carboxylic acids is 1. The van der Waals surface area contributed by atoms with Gasteiger partial charge < -0.3 is 10.2 Å². The molecule has 1 rings (SSSR count). The molecule has 0 aliphatic rings.